The summed E-state index contributed by atoms with van der Waals surface area (Å²) in [6, 6.07) is -0.578. The van der Waals surface area contributed by atoms with Crippen molar-refractivity contribution in [3.05, 3.63) is 23.8 Å². The molecule has 1 aliphatic heterocycles. The number of likely N-dealkylation sites (tertiary alicyclic amines) is 1. The maximum atomic E-state index is 11.8. The summed E-state index contributed by atoms with van der Waals surface area (Å²) in [5.74, 6) is -0.339. The zero-order valence-corrected chi connectivity index (χ0v) is 10.7. The van der Waals surface area contributed by atoms with Crippen LogP contribution in [0.2, 0.25) is 0 Å². The highest BCUT2D eigenvalue weighted by molar-refractivity contribution is 6.05. The molecular formula is C12H16N4O2. The van der Waals surface area contributed by atoms with E-state index in [1.54, 1.807) is 12.4 Å². The molecule has 2 heterocycles. The number of hydrogen-bond acceptors (Lipinski definition) is 5. The van der Waals surface area contributed by atoms with Crippen LogP contribution in [0.1, 0.15) is 30.8 Å². The van der Waals surface area contributed by atoms with Gasteiger partial charge in [-0.15, -0.1) is 0 Å². The van der Waals surface area contributed by atoms with Crippen molar-refractivity contribution in [2.75, 3.05) is 7.05 Å². The van der Waals surface area contributed by atoms with Gasteiger partial charge in [0.05, 0.1) is 23.9 Å². The van der Waals surface area contributed by atoms with Gasteiger partial charge in [-0.1, -0.05) is 0 Å². The molecule has 0 aromatic carbocycles. The predicted molar refractivity (Wildman–Crippen MR) is 64.5 cm³/mol. The quantitative estimate of drug-likeness (QED) is 0.773. The molecule has 0 saturated carbocycles. The van der Waals surface area contributed by atoms with Gasteiger partial charge in [0.1, 0.15) is 0 Å². The summed E-state index contributed by atoms with van der Waals surface area (Å²) < 4.78 is 0. The second-order valence-electron chi connectivity index (χ2n) is 4.46. The molecule has 96 valence electrons. The lowest BCUT2D eigenvalue weighted by atomic mass is 10.1. The summed E-state index contributed by atoms with van der Waals surface area (Å²) in [5.41, 5.74) is 1.62. The molecule has 18 heavy (non-hydrogen) atoms. The standard InChI is InChI=1S/C12H16N4O2/c1-7-11(14-5-4-13-7)8(2)15-9-6-10(17)16(3)12(9)18/h4-5,8-9,15H,6H2,1-3H3. The van der Waals surface area contributed by atoms with E-state index in [1.165, 1.54) is 7.05 Å². The maximum absolute atomic E-state index is 11.8. The number of amides is 2. The van der Waals surface area contributed by atoms with Crippen molar-refractivity contribution in [2.24, 2.45) is 0 Å². The first-order chi connectivity index (χ1) is 8.50. The molecule has 0 bridgehead atoms. The molecule has 1 saturated heterocycles. The van der Waals surface area contributed by atoms with Gasteiger partial charge in [0.2, 0.25) is 11.8 Å². The van der Waals surface area contributed by atoms with Gasteiger partial charge in [-0.05, 0) is 13.8 Å². The molecule has 6 heteroatoms. The third kappa shape index (κ3) is 2.24. The molecule has 2 unspecified atom stereocenters. The minimum Gasteiger partial charge on any atom is -0.297 e. The molecule has 2 amide bonds. The average molecular weight is 248 g/mol. The van der Waals surface area contributed by atoms with Gasteiger partial charge in [-0.3, -0.25) is 29.8 Å². The molecular weight excluding hydrogens is 232 g/mol. The van der Waals surface area contributed by atoms with Crippen LogP contribution < -0.4 is 5.32 Å². The van der Waals surface area contributed by atoms with Crippen LogP contribution in [-0.4, -0.2) is 39.8 Å². The number of imide groups is 1. The maximum Gasteiger partial charge on any atom is 0.246 e. The molecule has 0 radical (unpaired) electrons. The van der Waals surface area contributed by atoms with E-state index < -0.39 is 6.04 Å². The van der Waals surface area contributed by atoms with Gasteiger partial charge in [-0.25, -0.2) is 0 Å². The largest absolute Gasteiger partial charge is 0.297 e. The van der Waals surface area contributed by atoms with Crippen molar-refractivity contribution < 1.29 is 9.59 Å². The Morgan fingerprint density at radius 2 is 2.06 bits per heavy atom. The lowest BCUT2D eigenvalue weighted by molar-refractivity contribution is -0.137. The normalized spacial score (nSPS) is 21.5. The summed E-state index contributed by atoms with van der Waals surface area (Å²) in [6.07, 6.45) is 3.46. The van der Waals surface area contributed by atoms with Crippen LogP contribution in [0.25, 0.3) is 0 Å². The summed E-state index contributed by atoms with van der Waals surface area (Å²) in [7, 11) is 1.50. The fourth-order valence-electron chi connectivity index (χ4n) is 2.11. The molecule has 2 rings (SSSR count). The van der Waals surface area contributed by atoms with Crippen molar-refractivity contribution >= 4 is 11.8 Å². The molecule has 6 nitrogen and oxygen atoms in total. The highest BCUT2D eigenvalue weighted by atomic mass is 16.2. The second-order valence-corrected chi connectivity index (χ2v) is 4.46. The summed E-state index contributed by atoms with van der Waals surface area (Å²) in [4.78, 5) is 32.8. The minimum absolute atomic E-state index is 0.119. The third-order valence-electron chi connectivity index (χ3n) is 3.16. The topological polar surface area (TPSA) is 75.2 Å². The SMILES string of the molecule is Cc1nccnc1C(C)NC1CC(=O)N(C)C1=O. The monoisotopic (exact) mass is 248 g/mol. The summed E-state index contributed by atoms with van der Waals surface area (Å²) in [5, 5.41) is 3.13. The highest BCUT2D eigenvalue weighted by Crippen LogP contribution is 2.17. The fraction of sp³-hybridized carbons (Fsp3) is 0.500. The molecule has 1 aliphatic rings. The van der Waals surface area contributed by atoms with Crippen LogP contribution in [0.5, 0.6) is 0 Å². The van der Waals surface area contributed by atoms with Crippen molar-refractivity contribution in [3.8, 4) is 0 Å². The molecule has 2 atom stereocenters. The number of carbonyl (C=O) groups excluding carboxylic acids is 2. The van der Waals surface area contributed by atoms with Gasteiger partial charge < -0.3 is 0 Å². The van der Waals surface area contributed by atoms with Crippen LogP contribution in [0.15, 0.2) is 12.4 Å². The van der Waals surface area contributed by atoms with E-state index >= 15 is 0 Å². The van der Waals surface area contributed by atoms with Gasteiger partial charge in [-0.2, -0.15) is 0 Å². The number of aryl methyl sites for hydroxylation is 1. The Balaban J connectivity index is 2.09. The van der Waals surface area contributed by atoms with E-state index in [1.807, 2.05) is 13.8 Å². The van der Waals surface area contributed by atoms with Crippen molar-refractivity contribution in [3.63, 3.8) is 0 Å². The van der Waals surface area contributed by atoms with Crippen LogP contribution >= 0.6 is 0 Å². The van der Waals surface area contributed by atoms with Crippen LogP contribution in [0.4, 0.5) is 0 Å². The van der Waals surface area contributed by atoms with Gasteiger partial charge in [0.25, 0.3) is 0 Å². The van der Waals surface area contributed by atoms with Crippen molar-refractivity contribution in [1.29, 1.82) is 0 Å². The number of likely N-dealkylation sites (N-methyl/N-ethyl adjacent to an activating group) is 1. The Bertz CT molecular complexity index is 489. The van der Waals surface area contributed by atoms with Gasteiger partial charge >= 0.3 is 0 Å². The van der Waals surface area contributed by atoms with Crippen LogP contribution in [0, 0.1) is 6.92 Å². The Morgan fingerprint density at radius 1 is 1.39 bits per heavy atom. The van der Waals surface area contributed by atoms with Crippen LogP contribution in [-0.2, 0) is 9.59 Å². The van der Waals surface area contributed by atoms with Crippen molar-refractivity contribution in [2.45, 2.75) is 32.4 Å². The first kappa shape index (κ1) is 12.6. The molecule has 1 N–H and O–H groups in total. The number of hydrogen-bond donors (Lipinski definition) is 1. The lowest BCUT2D eigenvalue weighted by Crippen LogP contribution is -2.38. The van der Waals surface area contributed by atoms with E-state index in [9.17, 15) is 9.59 Å². The number of nitrogens with zero attached hydrogens (tertiary/aromatic N) is 3. The van der Waals surface area contributed by atoms with Crippen molar-refractivity contribution in [1.82, 2.24) is 20.2 Å². The lowest BCUT2D eigenvalue weighted by Gasteiger charge is -2.18. The summed E-state index contributed by atoms with van der Waals surface area (Å²) in [6.45, 7) is 3.78. The molecule has 0 aliphatic carbocycles. The van der Waals surface area contributed by atoms with E-state index in [-0.39, 0.29) is 24.3 Å². The fourth-order valence-corrected chi connectivity index (χ4v) is 2.11. The first-order valence-electron chi connectivity index (χ1n) is 5.84. The number of rotatable bonds is 3. The van der Waals surface area contributed by atoms with Crippen LogP contribution in [0.3, 0.4) is 0 Å². The van der Waals surface area contributed by atoms with E-state index in [2.05, 4.69) is 15.3 Å². The smallest absolute Gasteiger partial charge is 0.246 e. The summed E-state index contributed by atoms with van der Waals surface area (Å²) >= 11 is 0. The Labute approximate surface area is 105 Å². The molecule has 1 fully saturated rings. The van der Waals surface area contributed by atoms with E-state index in [4.69, 9.17) is 0 Å². The zero-order valence-electron chi connectivity index (χ0n) is 10.7. The average Bonchev–Trinajstić information content (AvgIpc) is 2.57. The van der Waals surface area contributed by atoms with Gasteiger partial charge in [0.15, 0.2) is 0 Å². The highest BCUT2D eigenvalue weighted by Gasteiger charge is 2.36. The Hall–Kier alpha value is -1.82. The van der Waals surface area contributed by atoms with E-state index in [0.717, 1.165) is 16.3 Å². The van der Waals surface area contributed by atoms with Gasteiger partial charge in [0, 0.05) is 25.5 Å². The van der Waals surface area contributed by atoms with E-state index in [0.29, 0.717) is 0 Å². The Morgan fingerprint density at radius 3 is 2.61 bits per heavy atom. The first-order valence-corrected chi connectivity index (χ1v) is 5.84. The predicted octanol–water partition coefficient (Wildman–Crippen LogP) is 0.193. The second kappa shape index (κ2) is 4.81. The minimum atomic E-state index is -0.459. The number of carbonyl (C=O) groups is 2. The molecule has 1 aromatic rings. The molecule has 0 spiro atoms. The number of nitrogens with one attached hydrogen (secondary N) is 1. The Kier molecular flexibility index (Phi) is 3.38. The number of aromatic nitrogens is 2. The molecule has 1 aromatic heterocycles. The zero-order chi connectivity index (χ0) is 13.3. The third-order valence-corrected chi connectivity index (χ3v) is 3.16.